The van der Waals surface area contributed by atoms with E-state index in [1.807, 2.05) is 55.5 Å². The molecule has 156 valence electrons. The van der Waals surface area contributed by atoms with E-state index in [0.29, 0.717) is 29.5 Å². The van der Waals surface area contributed by atoms with Crippen molar-refractivity contribution >= 4 is 23.3 Å². The maximum absolute atomic E-state index is 12.8. The molecular formula is C23H25ClN4O2. The Morgan fingerprint density at radius 1 is 1.27 bits per heavy atom. The fourth-order valence-corrected chi connectivity index (χ4v) is 3.88. The molecule has 1 amide bonds. The summed E-state index contributed by atoms with van der Waals surface area (Å²) in [6, 6.07) is 17.1. The van der Waals surface area contributed by atoms with E-state index in [0.717, 1.165) is 36.5 Å². The number of ether oxygens (including phenoxy) is 1. The van der Waals surface area contributed by atoms with E-state index in [4.69, 9.17) is 16.3 Å². The SMILES string of the molecule is CCOc1ccccc1C(=O)NC1CCCN(c2cc(-c3ccc(Cl)cc3)[nH]n2)C1. The summed E-state index contributed by atoms with van der Waals surface area (Å²) in [5.74, 6) is 1.40. The number of aromatic amines is 1. The first-order chi connectivity index (χ1) is 14.6. The summed E-state index contributed by atoms with van der Waals surface area (Å²) < 4.78 is 5.60. The van der Waals surface area contributed by atoms with Gasteiger partial charge in [-0.2, -0.15) is 5.10 Å². The molecule has 0 radical (unpaired) electrons. The molecule has 3 aromatic rings. The second kappa shape index (κ2) is 9.22. The van der Waals surface area contributed by atoms with Crippen LogP contribution in [0.25, 0.3) is 11.3 Å². The lowest BCUT2D eigenvalue weighted by Gasteiger charge is -2.33. The molecule has 4 rings (SSSR count). The quantitative estimate of drug-likeness (QED) is 0.610. The molecule has 0 aliphatic carbocycles. The Morgan fingerprint density at radius 2 is 2.07 bits per heavy atom. The number of nitrogens with one attached hydrogen (secondary N) is 2. The zero-order chi connectivity index (χ0) is 20.9. The van der Waals surface area contributed by atoms with Gasteiger partial charge < -0.3 is 15.0 Å². The minimum atomic E-state index is -0.102. The molecule has 7 heteroatoms. The van der Waals surface area contributed by atoms with Gasteiger partial charge in [0.05, 0.1) is 17.9 Å². The molecule has 0 bridgehead atoms. The zero-order valence-electron chi connectivity index (χ0n) is 16.9. The normalized spacial score (nSPS) is 16.3. The van der Waals surface area contributed by atoms with Gasteiger partial charge in [-0.05, 0) is 49.6 Å². The number of hydrogen-bond acceptors (Lipinski definition) is 4. The lowest BCUT2D eigenvalue weighted by atomic mass is 10.0. The summed E-state index contributed by atoms with van der Waals surface area (Å²) in [5.41, 5.74) is 2.55. The summed E-state index contributed by atoms with van der Waals surface area (Å²) in [5, 5.41) is 11.5. The van der Waals surface area contributed by atoms with E-state index in [1.54, 1.807) is 6.07 Å². The Morgan fingerprint density at radius 3 is 2.87 bits per heavy atom. The molecule has 1 aromatic heterocycles. The van der Waals surface area contributed by atoms with Gasteiger partial charge in [0, 0.05) is 30.2 Å². The van der Waals surface area contributed by atoms with Crippen LogP contribution in [-0.4, -0.2) is 41.8 Å². The number of carbonyl (C=O) groups is 1. The first kappa shape index (κ1) is 20.3. The van der Waals surface area contributed by atoms with E-state index in [2.05, 4.69) is 20.4 Å². The topological polar surface area (TPSA) is 70.2 Å². The fraction of sp³-hybridized carbons (Fsp3) is 0.304. The summed E-state index contributed by atoms with van der Waals surface area (Å²) in [7, 11) is 0. The Bertz CT molecular complexity index is 1000. The molecule has 1 aliphatic rings. The molecule has 2 N–H and O–H groups in total. The third kappa shape index (κ3) is 4.60. The number of para-hydroxylation sites is 1. The zero-order valence-corrected chi connectivity index (χ0v) is 17.7. The molecule has 0 saturated carbocycles. The number of rotatable bonds is 6. The van der Waals surface area contributed by atoms with E-state index in [9.17, 15) is 4.79 Å². The third-order valence-corrected chi connectivity index (χ3v) is 5.48. The second-order valence-corrected chi connectivity index (χ2v) is 7.77. The van der Waals surface area contributed by atoms with E-state index < -0.39 is 0 Å². The van der Waals surface area contributed by atoms with Crippen molar-refractivity contribution in [2.24, 2.45) is 0 Å². The van der Waals surface area contributed by atoms with Crippen LogP contribution < -0.4 is 15.0 Å². The van der Waals surface area contributed by atoms with Crippen LogP contribution in [0, 0.1) is 0 Å². The Balaban J connectivity index is 1.43. The third-order valence-electron chi connectivity index (χ3n) is 5.23. The summed E-state index contributed by atoms with van der Waals surface area (Å²) in [6.45, 7) is 4.06. The molecule has 1 atom stereocenters. The van der Waals surface area contributed by atoms with E-state index in [-0.39, 0.29) is 11.9 Å². The number of anilines is 1. The van der Waals surface area contributed by atoms with Crippen LogP contribution >= 0.6 is 11.6 Å². The van der Waals surface area contributed by atoms with Gasteiger partial charge in [0.1, 0.15) is 5.75 Å². The number of H-pyrrole nitrogens is 1. The molecule has 6 nitrogen and oxygen atoms in total. The molecule has 1 saturated heterocycles. The number of hydrogen-bond donors (Lipinski definition) is 2. The van der Waals surface area contributed by atoms with Crippen LogP contribution in [0.3, 0.4) is 0 Å². The van der Waals surface area contributed by atoms with Gasteiger partial charge in [0.25, 0.3) is 5.91 Å². The van der Waals surface area contributed by atoms with Crippen LogP contribution in [-0.2, 0) is 0 Å². The highest BCUT2D eigenvalue weighted by Crippen LogP contribution is 2.25. The minimum Gasteiger partial charge on any atom is -0.493 e. The van der Waals surface area contributed by atoms with Crippen molar-refractivity contribution in [2.75, 3.05) is 24.6 Å². The van der Waals surface area contributed by atoms with Gasteiger partial charge in [-0.1, -0.05) is 35.9 Å². The fourth-order valence-electron chi connectivity index (χ4n) is 3.75. The Labute approximate surface area is 181 Å². The number of nitrogens with zero attached hydrogens (tertiary/aromatic N) is 2. The van der Waals surface area contributed by atoms with Crippen LogP contribution in [0.1, 0.15) is 30.1 Å². The van der Waals surface area contributed by atoms with Gasteiger partial charge in [0.2, 0.25) is 0 Å². The van der Waals surface area contributed by atoms with Crippen molar-refractivity contribution in [1.29, 1.82) is 0 Å². The van der Waals surface area contributed by atoms with Crippen LogP contribution in [0.2, 0.25) is 5.02 Å². The average Bonchev–Trinajstić information content (AvgIpc) is 3.25. The standard InChI is InChI=1S/C23H25ClN4O2/c1-2-30-21-8-4-3-7-19(21)23(29)25-18-6-5-13-28(15-18)22-14-20(26-27-22)16-9-11-17(24)12-10-16/h3-4,7-12,14,18H,2,5-6,13,15H2,1H3,(H,25,29)(H,26,27). The largest absolute Gasteiger partial charge is 0.493 e. The van der Waals surface area contributed by atoms with Gasteiger partial charge in [-0.25, -0.2) is 0 Å². The van der Waals surface area contributed by atoms with Gasteiger partial charge >= 0.3 is 0 Å². The summed E-state index contributed by atoms with van der Waals surface area (Å²) in [4.78, 5) is 15.0. The number of benzene rings is 2. The van der Waals surface area contributed by atoms with Gasteiger partial charge in [0.15, 0.2) is 5.82 Å². The smallest absolute Gasteiger partial charge is 0.255 e. The summed E-state index contributed by atoms with van der Waals surface area (Å²) in [6.07, 6.45) is 1.93. The average molecular weight is 425 g/mol. The monoisotopic (exact) mass is 424 g/mol. The Kier molecular flexibility index (Phi) is 6.23. The minimum absolute atomic E-state index is 0.0524. The molecule has 2 aromatic carbocycles. The maximum atomic E-state index is 12.8. The molecule has 1 fully saturated rings. The number of amides is 1. The summed E-state index contributed by atoms with van der Waals surface area (Å²) >= 11 is 5.98. The van der Waals surface area contributed by atoms with Crippen molar-refractivity contribution < 1.29 is 9.53 Å². The van der Waals surface area contributed by atoms with Gasteiger partial charge in [-0.3, -0.25) is 9.89 Å². The number of piperidine rings is 1. The highest BCUT2D eigenvalue weighted by Gasteiger charge is 2.24. The van der Waals surface area contributed by atoms with E-state index >= 15 is 0 Å². The Hall–Kier alpha value is -2.99. The predicted molar refractivity (Wildman–Crippen MR) is 119 cm³/mol. The maximum Gasteiger partial charge on any atom is 0.255 e. The molecule has 1 unspecified atom stereocenters. The molecule has 30 heavy (non-hydrogen) atoms. The lowest BCUT2D eigenvalue weighted by molar-refractivity contribution is 0.0929. The molecular weight excluding hydrogens is 400 g/mol. The molecule has 2 heterocycles. The number of carbonyl (C=O) groups excluding carboxylic acids is 1. The molecule has 0 spiro atoms. The predicted octanol–water partition coefficient (Wildman–Crippen LogP) is 4.53. The highest BCUT2D eigenvalue weighted by molar-refractivity contribution is 6.30. The van der Waals surface area contributed by atoms with Crippen LogP contribution in [0.5, 0.6) is 5.75 Å². The first-order valence-corrected chi connectivity index (χ1v) is 10.6. The number of aromatic nitrogens is 2. The molecule has 1 aliphatic heterocycles. The van der Waals surface area contributed by atoms with Crippen LogP contribution in [0.15, 0.2) is 54.6 Å². The second-order valence-electron chi connectivity index (χ2n) is 7.33. The van der Waals surface area contributed by atoms with Crippen molar-refractivity contribution in [2.45, 2.75) is 25.8 Å². The van der Waals surface area contributed by atoms with E-state index in [1.165, 1.54) is 0 Å². The van der Waals surface area contributed by atoms with Crippen molar-refractivity contribution in [3.8, 4) is 17.0 Å². The highest BCUT2D eigenvalue weighted by atomic mass is 35.5. The number of halogens is 1. The van der Waals surface area contributed by atoms with Crippen molar-refractivity contribution in [1.82, 2.24) is 15.5 Å². The van der Waals surface area contributed by atoms with Gasteiger partial charge in [-0.15, -0.1) is 0 Å². The first-order valence-electron chi connectivity index (χ1n) is 10.2. The lowest BCUT2D eigenvalue weighted by Crippen LogP contribution is -2.48. The van der Waals surface area contributed by atoms with Crippen LogP contribution in [0.4, 0.5) is 5.82 Å². The van der Waals surface area contributed by atoms with Crippen molar-refractivity contribution in [3.05, 3.63) is 65.2 Å². The van der Waals surface area contributed by atoms with Crippen molar-refractivity contribution in [3.63, 3.8) is 0 Å².